The van der Waals surface area contributed by atoms with E-state index in [2.05, 4.69) is 19.8 Å². The molecule has 0 unspecified atom stereocenters. The number of nitrogen functional groups attached to an aromatic ring is 1. The molecule has 9 heteroatoms. The van der Waals surface area contributed by atoms with E-state index in [9.17, 15) is 18.0 Å². The van der Waals surface area contributed by atoms with E-state index in [-0.39, 0.29) is 29.2 Å². The van der Waals surface area contributed by atoms with Crippen molar-refractivity contribution in [2.24, 2.45) is 4.99 Å². The third-order valence-electron chi connectivity index (χ3n) is 3.74. The number of fused-ring (bicyclic) bond motifs is 2. The normalized spacial score (nSPS) is 16.4. The van der Waals surface area contributed by atoms with E-state index in [0.29, 0.717) is 17.1 Å². The number of alkyl halides is 2. The minimum absolute atomic E-state index is 0.0616. The Morgan fingerprint density at radius 3 is 2.64 bits per heavy atom. The van der Waals surface area contributed by atoms with E-state index in [4.69, 9.17) is 5.73 Å². The zero-order valence-corrected chi connectivity index (χ0v) is 12.5. The number of rotatable bonds is 1. The summed E-state index contributed by atoms with van der Waals surface area (Å²) in [5, 5.41) is 2.55. The number of amides is 1. The molecule has 0 atom stereocenters. The van der Waals surface area contributed by atoms with E-state index in [1.54, 1.807) is 0 Å². The van der Waals surface area contributed by atoms with Gasteiger partial charge in [0, 0.05) is 18.1 Å². The van der Waals surface area contributed by atoms with Crippen LogP contribution in [0.1, 0.15) is 15.9 Å². The maximum absolute atomic E-state index is 13.4. The summed E-state index contributed by atoms with van der Waals surface area (Å²) >= 11 is 0. The molecule has 2 aromatic carbocycles. The highest BCUT2D eigenvalue weighted by Crippen LogP contribution is 2.45. The highest BCUT2D eigenvalue weighted by molar-refractivity contribution is 6.09. The summed E-state index contributed by atoms with van der Waals surface area (Å²) in [6, 6.07) is 6.39. The van der Waals surface area contributed by atoms with E-state index < -0.39 is 18.0 Å². The third kappa shape index (κ3) is 2.73. The number of hydrogen-bond acceptors (Lipinski definition) is 5. The number of ether oxygens (including phenoxy) is 2. The van der Waals surface area contributed by atoms with Gasteiger partial charge in [-0.3, -0.25) is 4.79 Å². The number of aliphatic imine (C=N–C) groups is 1. The van der Waals surface area contributed by atoms with Crippen molar-refractivity contribution < 1.29 is 27.4 Å². The standard InChI is InChI=1S/C16H10F3N3O3/c17-9-3-7(1-2-10(9)20)15(23)22-14-5-8-4-12-13(6-11(8)21-14)25-16(18,19)24-12/h1-4,6H,5,20H2,(H,21,22,23). The van der Waals surface area contributed by atoms with Crippen LogP contribution in [-0.2, 0) is 6.42 Å². The van der Waals surface area contributed by atoms with Crippen molar-refractivity contribution in [1.82, 2.24) is 5.32 Å². The van der Waals surface area contributed by atoms with Crippen LogP contribution in [0, 0.1) is 5.82 Å². The van der Waals surface area contributed by atoms with E-state index in [0.717, 1.165) is 6.07 Å². The Morgan fingerprint density at radius 1 is 1.20 bits per heavy atom. The first kappa shape index (κ1) is 15.3. The predicted molar refractivity (Wildman–Crippen MR) is 81.7 cm³/mol. The molecule has 2 heterocycles. The second-order valence-corrected chi connectivity index (χ2v) is 5.52. The summed E-state index contributed by atoms with van der Waals surface area (Å²) in [5.74, 6) is -1.17. The lowest BCUT2D eigenvalue weighted by atomic mass is 10.1. The Bertz CT molecular complexity index is 944. The molecule has 1 amide bonds. The zero-order chi connectivity index (χ0) is 17.8. The van der Waals surface area contributed by atoms with Gasteiger partial charge in [-0.25, -0.2) is 9.38 Å². The van der Waals surface area contributed by atoms with E-state index in [1.807, 2.05) is 0 Å². The number of amidine groups is 1. The van der Waals surface area contributed by atoms with Gasteiger partial charge in [-0.05, 0) is 29.8 Å². The first-order valence-corrected chi connectivity index (χ1v) is 7.17. The smallest absolute Gasteiger partial charge is 0.396 e. The Balaban J connectivity index is 1.53. The number of anilines is 1. The molecule has 0 spiro atoms. The molecule has 2 aliphatic rings. The summed E-state index contributed by atoms with van der Waals surface area (Å²) in [7, 11) is 0. The molecule has 6 nitrogen and oxygen atoms in total. The molecule has 0 aromatic heterocycles. The molecule has 0 bridgehead atoms. The number of halogens is 3. The lowest BCUT2D eigenvalue weighted by Gasteiger charge is -2.05. The maximum atomic E-state index is 13.4. The molecule has 0 saturated carbocycles. The number of nitrogens with two attached hydrogens (primary N) is 1. The molecule has 4 rings (SSSR count). The van der Waals surface area contributed by atoms with Crippen LogP contribution in [0.3, 0.4) is 0 Å². The molecule has 3 N–H and O–H groups in total. The second-order valence-electron chi connectivity index (χ2n) is 5.52. The van der Waals surface area contributed by atoms with Crippen LogP contribution in [0.2, 0.25) is 0 Å². The second kappa shape index (κ2) is 5.13. The van der Waals surface area contributed by atoms with Gasteiger partial charge in [0.1, 0.15) is 11.7 Å². The van der Waals surface area contributed by atoms with Gasteiger partial charge >= 0.3 is 6.29 Å². The van der Waals surface area contributed by atoms with Crippen LogP contribution in [0.4, 0.5) is 24.5 Å². The molecule has 0 aliphatic carbocycles. The zero-order valence-electron chi connectivity index (χ0n) is 12.5. The lowest BCUT2D eigenvalue weighted by Crippen LogP contribution is -2.30. The van der Waals surface area contributed by atoms with Crippen molar-refractivity contribution in [3.63, 3.8) is 0 Å². The molecule has 2 aliphatic heterocycles. The van der Waals surface area contributed by atoms with Crippen LogP contribution in [0.25, 0.3) is 0 Å². The fourth-order valence-corrected chi connectivity index (χ4v) is 2.58. The number of nitrogens with zero attached hydrogens (tertiary/aromatic N) is 1. The lowest BCUT2D eigenvalue weighted by molar-refractivity contribution is -0.286. The molecule has 2 aromatic rings. The van der Waals surface area contributed by atoms with Crippen LogP contribution < -0.4 is 20.5 Å². The SMILES string of the molecule is Nc1ccc(C(=O)NC2=Nc3cc4c(cc3C2)OC(F)(F)O4)cc1F. The van der Waals surface area contributed by atoms with Crippen LogP contribution in [-0.4, -0.2) is 18.0 Å². The minimum Gasteiger partial charge on any atom is -0.396 e. The van der Waals surface area contributed by atoms with Gasteiger partial charge in [-0.1, -0.05) is 0 Å². The highest BCUT2D eigenvalue weighted by Gasteiger charge is 2.44. The molecular weight excluding hydrogens is 339 g/mol. The van der Waals surface area contributed by atoms with Crippen molar-refractivity contribution >= 4 is 23.1 Å². The summed E-state index contributed by atoms with van der Waals surface area (Å²) in [6.45, 7) is 0. The first-order chi connectivity index (χ1) is 11.8. The third-order valence-corrected chi connectivity index (χ3v) is 3.74. The average Bonchev–Trinajstić information content (AvgIpc) is 3.04. The molecule has 0 fully saturated rings. The Morgan fingerprint density at radius 2 is 1.92 bits per heavy atom. The summed E-state index contributed by atoms with van der Waals surface area (Å²) < 4.78 is 48.3. The molecule has 25 heavy (non-hydrogen) atoms. The first-order valence-electron chi connectivity index (χ1n) is 7.17. The summed E-state index contributed by atoms with van der Waals surface area (Å²) in [4.78, 5) is 16.3. The van der Waals surface area contributed by atoms with Crippen molar-refractivity contribution in [3.05, 3.63) is 47.3 Å². The Kier molecular flexibility index (Phi) is 3.14. The fourth-order valence-electron chi connectivity index (χ4n) is 2.58. The Labute approximate surface area is 139 Å². The van der Waals surface area contributed by atoms with Gasteiger partial charge in [0.2, 0.25) is 0 Å². The van der Waals surface area contributed by atoms with Crippen molar-refractivity contribution in [2.75, 3.05) is 5.73 Å². The Hall–Kier alpha value is -3.23. The molecule has 0 radical (unpaired) electrons. The number of hydrogen-bond donors (Lipinski definition) is 2. The monoisotopic (exact) mass is 349 g/mol. The van der Waals surface area contributed by atoms with Gasteiger partial charge in [0.05, 0.1) is 11.4 Å². The fraction of sp³-hybridized carbons (Fsp3) is 0.125. The van der Waals surface area contributed by atoms with E-state index >= 15 is 0 Å². The molecular formula is C16H10F3N3O3. The minimum atomic E-state index is -3.70. The largest absolute Gasteiger partial charge is 0.586 e. The number of nitrogens with one attached hydrogen (secondary N) is 1. The highest BCUT2D eigenvalue weighted by atomic mass is 19.3. The summed E-state index contributed by atoms with van der Waals surface area (Å²) in [5.41, 5.74) is 6.37. The molecule has 128 valence electrons. The maximum Gasteiger partial charge on any atom is 0.586 e. The van der Waals surface area contributed by atoms with Crippen molar-refractivity contribution in [3.8, 4) is 11.5 Å². The summed E-state index contributed by atoms with van der Waals surface area (Å²) in [6.07, 6.45) is -3.49. The average molecular weight is 349 g/mol. The van der Waals surface area contributed by atoms with Gasteiger partial charge < -0.3 is 20.5 Å². The number of benzene rings is 2. The van der Waals surface area contributed by atoms with Crippen LogP contribution >= 0.6 is 0 Å². The van der Waals surface area contributed by atoms with Gasteiger partial charge in [-0.15, -0.1) is 8.78 Å². The van der Waals surface area contributed by atoms with Gasteiger partial charge in [0.25, 0.3) is 5.91 Å². The van der Waals surface area contributed by atoms with E-state index in [1.165, 1.54) is 24.3 Å². The van der Waals surface area contributed by atoms with Crippen molar-refractivity contribution in [1.29, 1.82) is 0 Å². The predicted octanol–water partition coefficient (Wildman–Crippen LogP) is 2.75. The van der Waals surface area contributed by atoms with Gasteiger partial charge in [-0.2, -0.15) is 0 Å². The number of carbonyl (C=O) groups excluding carboxylic acids is 1. The van der Waals surface area contributed by atoms with Crippen LogP contribution in [0.5, 0.6) is 11.5 Å². The molecule has 0 saturated heterocycles. The van der Waals surface area contributed by atoms with Gasteiger partial charge in [0.15, 0.2) is 11.5 Å². The van der Waals surface area contributed by atoms with Crippen molar-refractivity contribution in [2.45, 2.75) is 12.7 Å². The van der Waals surface area contributed by atoms with Crippen LogP contribution in [0.15, 0.2) is 35.3 Å². The quantitative estimate of drug-likeness (QED) is 0.775. The topological polar surface area (TPSA) is 85.9 Å². The number of carbonyl (C=O) groups is 1.